The maximum absolute atomic E-state index is 16.0. The van der Waals surface area contributed by atoms with Gasteiger partial charge in [-0.3, -0.25) is 19.2 Å². The number of hydrogen-bond donors (Lipinski definition) is 2. The summed E-state index contributed by atoms with van der Waals surface area (Å²) in [4.78, 5) is 18.6. The molecule has 0 radical (unpaired) electrons. The summed E-state index contributed by atoms with van der Waals surface area (Å²) in [5.41, 5.74) is 5.64. The van der Waals surface area contributed by atoms with Gasteiger partial charge >= 0.3 is 0 Å². The van der Waals surface area contributed by atoms with Crippen LogP contribution >= 0.6 is 11.6 Å². The quantitative estimate of drug-likeness (QED) is 0.146. The fraction of sp³-hybridized carbons (Fsp3) is 0.314. The van der Waals surface area contributed by atoms with Gasteiger partial charge in [0.25, 0.3) is 12.3 Å². The number of sulfonamides is 1. The molecule has 4 aromatic heterocycles. The average Bonchev–Trinajstić information content (AvgIpc) is 3.38. The highest BCUT2D eigenvalue weighted by molar-refractivity contribution is 7.92. The summed E-state index contributed by atoms with van der Waals surface area (Å²) in [6.45, 7) is 0. The molecule has 4 atom stereocenters. The van der Waals surface area contributed by atoms with Crippen LogP contribution in [0.5, 0.6) is 0 Å². The van der Waals surface area contributed by atoms with Crippen LogP contribution in [0.3, 0.4) is 0 Å². The Labute approximate surface area is 307 Å². The van der Waals surface area contributed by atoms with Crippen LogP contribution in [-0.4, -0.2) is 49.7 Å². The van der Waals surface area contributed by atoms with Crippen molar-refractivity contribution in [3.63, 3.8) is 0 Å². The number of pyridine rings is 1. The first-order valence-corrected chi connectivity index (χ1v) is 18.7. The number of halogens is 7. The normalized spacial score (nSPS) is 18.6. The van der Waals surface area contributed by atoms with E-state index in [2.05, 4.69) is 14.9 Å². The molecule has 1 unspecified atom stereocenters. The lowest BCUT2D eigenvalue weighted by Gasteiger charge is -2.29. The van der Waals surface area contributed by atoms with E-state index in [0.717, 1.165) is 18.4 Å². The van der Waals surface area contributed by atoms with Gasteiger partial charge in [0.15, 0.2) is 5.82 Å². The van der Waals surface area contributed by atoms with Gasteiger partial charge < -0.3 is 10.3 Å². The number of amides is 1. The van der Waals surface area contributed by atoms with Crippen molar-refractivity contribution in [1.29, 1.82) is 0 Å². The number of aromatic nitrogens is 6. The van der Waals surface area contributed by atoms with Crippen molar-refractivity contribution in [2.45, 2.75) is 43.1 Å². The van der Waals surface area contributed by atoms with E-state index < -0.39 is 81.5 Å². The number of alkyl halides is 4. The monoisotopic (exact) mass is 790 g/mol. The van der Waals surface area contributed by atoms with E-state index in [-0.39, 0.29) is 50.5 Å². The van der Waals surface area contributed by atoms with Crippen molar-refractivity contribution in [2.75, 3.05) is 11.0 Å². The van der Waals surface area contributed by atoms with Gasteiger partial charge in [-0.2, -0.15) is 19.0 Å². The zero-order chi connectivity index (χ0) is 38.8. The van der Waals surface area contributed by atoms with E-state index in [4.69, 9.17) is 22.3 Å². The van der Waals surface area contributed by atoms with Crippen LogP contribution in [0.25, 0.3) is 33.1 Å². The summed E-state index contributed by atoms with van der Waals surface area (Å²) in [6.07, 6.45) is -1.15. The number of benzene rings is 2. The fourth-order valence-corrected chi connectivity index (χ4v) is 8.72. The predicted octanol–water partition coefficient (Wildman–Crippen LogP) is 6.83. The van der Waals surface area contributed by atoms with E-state index in [1.807, 2.05) is 0 Å². The van der Waals surface area contributed by atoms with Gasteiger partial charge in [-0.1, -0.05) is 17.7 Å². The number of nitrogens with two attached hydrogens (primary N) is 1. The number of anilines is 1. The van der Waals surface area contributed by atoms with Gasteiger partial charge in [0.2, 0.25) is 15.9 Å². The van der Waals surface area contributed by atoms with Crippen LogP contribution in [0.15, 0.2) is 48.7 Å². The fourth-order valence-electron chi connectivity index (χ4n) is 7.99. The predicted molar refractivity (Wildman–Crippen MR) is 187 cm³/mol. The van der Waals surface area contributed by atoms with Crippen molar-refractivity contribution in [3.8, 4) is 11.1 Å². The van der Waals surface area contributed by atoms with E-state index >= 15 is 8.78 Å². The second-order valence-electron chi connectivity index (χ2n) is 13.8. The SMILES string of the molecule is Cn1ccc2nc([C@H](Cc3cc(F)cc(F)c3)C(C(N)=O)n3nc(C(F)F)c4c3C(F)(F)[C@@H]3C[C@H]43)c(-c3ccc(Cl)c4c(NS(C)(=O)=O)nn(C)c34)cc21. The Morgan fingerprint density at radius 2 is 1.76 bits per heavy atom. The number of fused-ring (bicyclic) bond motifs is 5. The van der Waals surface area contributed by atoms with E-state index in [1.54, 1.807) is 36.0 Å². The Morgan fingerprint density at radius 1 is 1.06 bits per heavy atom. The first-order chi connectivity index (χ1) is 25.4. The van der Waals surface area contributed by atoms with Gasteiger partial charge in [0.05, 0.1) is 38.9 Å². The molecule has 282 valence electrons. The molecule has 0 spiro atoms. The molecule has 1 amide bonds. The number of nitrogens with one attached hydrogen (secondary N) is 1. The van der Waals surface area contributed by atoms with Crippen LogP contribution < -0.4 is 10.5 Å². The molecular formula is C35H29ClF6N8O3S. The second-order valence-corrected chi connectivity index (χ2v) is 16.0. The number of carbonyl (C=O) groups excluding carboxylic acids is 1. The molecule has 3 N–H and O–H groups in total. The molecule has 0 aliphatic heterocycles. The van der Waals surface area contributed by atoms with Crippen LogP contribution in [0.4, 0.5) is 32.2 Å². The first kappa shape index (κ1) is 35.9. The molecule has 8 rings (SSSR count). The smallest absolute Gasteiger partial charge is 0.293 e. The molecular weight excluding hydrogens is 762 g/mol. The summed E-state index contributed by atoms with van der Waals surface area (Å²) in [5.74, 6) is -10.6. The summed E-state index contributed by atoms with van der Waals surface area (Å²) < 4.78 is 121. The van der Waals surface area contributed by atoms with Crippen molar-refractivity contribution in [1.82, 2.24) is 29.1 Å². The second kappa shape index (κ2) is 12.2. The number of hydrogen-bond acceptors (Lipinski definition) is 6. The largest absolute Gasteiger partial charge is 0.368 e. The van der Waals surface area contributed by atoms with Gasteiger partial charge in [0, 0.05) is 54.9 Å². The molecule has 1 saturated carbocycles. The standard InChI is InChI=1S/C35H29ClF6N8O3S/c1-48-7-6-23-24(48)13-18(17-4-5-22(36)26-29(17)49(2)46-34(26)47-54(3,52)53)27(44-23)20(10-14-8-15(37)11-16(38)9-14)30(33(43)51)50-31-25(28(45-50)32(39)40)19-12-21(19)35(31,41)42/h4-9,11,13,19-21,30,32H,10,12H2,1-3H3,(H2,43,51)(H,46,47)/t19-,20-,21+,30?/m0/s1. The molecule has 11 nitrogen and oxygen atoms in total. The lowest BCUT2D eigenvalue weighted by molar-refractivity contribution is -0.122. The molecule has 0 saturated heterocycles. The van der Waals surface area contributed by atoms with Crippen LogP contribution in [0.2, 0.25) is 5.02 Å². The minimum absolute atomic E-state index is 0.000987. The van der Waals surface area contributed by atoms with Crippen molar-refractivity contribution < 1.29 is 39.6 Å². The van der Waals surface area contributed by atoms with Crippen molar-refractivity contribution in [3.05, 3.63) is 93.5 Å². The molecule has 54 heavy (non-hydrogen) atoms. The maximum Gasteiger partial charge on any atom is 0.293 e. The van der Waals surface area contributed by atoms with Crippen LogP contribution in [-0.2, 0) is 41.3 Å². The Kier molecular flexibility index (Phi) is 8.12. The van der Waals surface area contributed by atoms with E-state index in [9.17, 15) is 30.8 Å². The number of primary amides is 1. The zero-order valence-electron chi connectivity index (χ0n) is 28.5. The molecule has 4 heterocycles. The Morgan fingerprint density at radius 3 is 2.41 bits per heavy atom. The number of aryl methyl sites for hydroxylation is 2. The lowest BCUT2D eigenvalue weighted by atomic mass is 9.84. The Bertz CT molecular complexity index is 2660. The maximum atomic E-state index is 16.0. The average molecular weight is 791 g/mol. The third-order valence-corrected chi connectivity index (χ3v) is 11.1. The summed E-state index contributed by atoms with van der Waals surface area (Å²) in [5, 5.41) is 8.57. The molecule has 1 fully saturated rings. The van der Waals surface area contributed by atoms with Crippen molar-refractivity contribution >= 4 is 55.3 Å². The molecule has 2 aromatic carbocycles. The summed E-state index contributed by atoms with van der Waals surface area (Å²) in [6, 6.07) is 7.02. The number of rotatable bonds is 10. The van der Waals surface area contributed by atoms with Gasteiger partial charge in [-0.25, -0.2) is 30.7 Å². The highest BCUT2D eigenvalue weighted by Gasteiger charge is 2.67. The summed E-state index contributed by atoms with van der Waals surface area (Å²) in [7, 11) is -0.594. The first-order valence-electron chi connectivity index (χ1n) is 16.5. The molecule has 2 aliphatic carbocycles. The minimum atomic E-state index is -3.85. The molecule has 2 aliphatic rings. The van der Waals surface area contributed by atoms with Crippen LogP contribution in [0, 0.1) is 17.6 Å². The Balaban J connectivity index is 1.45. The van der Waals surface area contributed by atoms with Crippen molar-refractivity contribution in [2.24, 2.45) is 25.7 Å². The van der Waals surface area contributed by atoms with Gasteiger partial charge in [-0.15, -0.1) is 0 Å². The summed E-state index contributed by atoms with van der Waals surface area (Å²) >= 11 is 6.62. The third kappa shape index (κ3) is 5.68. The highest BCUT2D eigenvalue weighted by Crippen LogP contribution is 2.68. The Hall–Kier alpha value is -5.10. The van der Waals surface area contributed by atoms with E-state index in [0.29, 0.717) is 27.3 Å². The minimum Gasteiger partial charge on any atom is -0.368 e. The zero-order valence-corrected chi connectivity index (χ0v) is 30.0. The number of carbonyl (C=O) groups is 1. The highest BCUT2D eigenvalue weighted by atomic mass is 35.5. The van der Waals surface area contributed by atoms with Crippen LogP contribution in [0.1, 0.15) is 58.9 Å². The molecule has 0 bridgehead atoms. The van der Waals surface area contributed by atoms with E-state index in [1.165, 1.54) is 17.8 Å². The number of nitrogens with zero attached hydrogens (tertiary/aromatic N) is 6. The molecule has 19 heteroatoms. The van der Waals surface area contributed by atoms with Gasteiger partial charge in [-0.05, 0) is 54.7 Å². The van der Waals surface area contributed by atoms with Gasteiger partial charge in [0.1, 0.15) is 29.1 Å². The third-order valence-electron chi connectivity index (χ3n) is 10.2. The topological polar surface area (TPSA) is 143 Å². The lowest BCUT2D eigenvalue weighted by Crippen LogP contribution is -2.37. The molecule has 6 aromatic rings.